The molecule has 1 N–H and O–H groups in total. The minimum atomic E-state index is -0.161. The topological polar surface area (TPSA) is 80.1 Å². The molecule has 8 heteroatoms. The van der Waals surface area contributed by atoms with E-state index in [4.69, 9.17) is 0 Å². The van der Waals surface area contributed by atoms with Crippen molar-refractivity contribution in [2.75, 3.05) is 25.2 Å². The average Bonchev–Trinajstić information content (AvgIpc) is 3.25. The highest BCUT2D eigenvalue weighted by Gasteiger charge is 2.18. The first-order chi connectivity index (χ1) is 17.3. The zero-order valence-electron chi connectivity index (χ0n) is 20.9. The molecule has 0 atom stereocenters. The molecule has 0 aliphatic carbocycles. The largest absolute Gasteiger partial charge is 0.345 e. The van der Waals surface area contributed by atoms with Gasteiger partial charge in [-0.15, -0.1) is 10.2 Å². The fraction of sp³-hybridized carbons (Fsp3) is 0.214. The SMILES string of the molecule is Cc1ccc(-n2c(Cc3ccccc3)nnc2SCC(=O)Nc2ccc(C(=O)N(C)C)cc2)c(C)c1. The summed E-state index contributed by atoms with van der Waals surface area (Å²) < 4.78 is 2.04. The predicted molar refractivity (Wildman–Crippen MR) is 144 cm³/mol. The zero-order chi connectivity index (χ0) is 25.7. The molecule has 4 aromatic rings. The molecule has 0 aliphatic heterocycles. The van der Waals surface area contributed by atoms with Crippen LogP contribution in [0.2, 0.25) is 0 Å². The van der Waals surface area contributed by atoms with E-state index < -0.39 is 0 Å². The van der Waals surface area contributed by atoms with Crippen molar-refractivity contribution in [3.8, 4) is 5.69 Å². The fourth-order valence-electron chi connectivity index (χ4n) is 3.87. The van der Waals surface area contributed by atoms with Crippen LogP contribution in [0.25, 0.3) is 5.69 Å². The number of thioether (sulfide) groups is 1. The monoisotopic (exact) mass is 499 g/mol. The number of rotatable bonds is 8. The van der Waals surface area contributed by atoms with Gasteiger partial charge in [0.15, 0.2) is 5.16 Å². The van der Waals surface area contributed by atoms with Gasteiger partial charge in [-0.3, -0.25) is 14.2 Å². The molecule has 7 nitrogen and oxygen atoms in total. The lowest BCUT2D eigenvalue weighted by Crippen LogP contribution is -2.21. The van der Waals surface area contributed by atoms with Gasteiger partial charge in [0.05, 0.1) is 11.4 Å². The average molecular weight is 500 g/mol. The summed E-state index contributed by atoms with van der Waals surface area (Å²) in [6.07, 6.45) is 0.631. The van der Waals surface area contributed by atoms with Crippen molar-refractivity contribution in [3.05, 3.63) is 101 Å². The number of anilines is 1. The first-order valence-corrected chi connectivity index (χ1v) is 12.6. The van der Waals surface area contributed by atoms with Crippen LogP contribution in [0.5, 0.6) is 0 Å². The molecule has 0 aliphatic rings. The Morgan fingerprint density at radius 1 is 0.944 bits per heavy atom. The molecule has 184 valence electrons. The molecule has 0 spiro atoms. The number of benzene rings is 3. The number of hydrogen-bond donors (Lipinski definition) is 1. The Kier molecular flexibility index (Phi) is 7.85. The number of amides is 2. The van der Waals surface area contributed by atoms with Crippen molar-refractivity contribution >= 4 is 29.3 Å². The summed E-state index contributed by atoms with van der Waals surface area (Å²) in [5.41, 5.74) is 5.64. The molecule has 0 fully saturated rings. The van der Waals surface area contributed by atoms with Gasteiger partial charge in [0.2, 0.25) is 5.91 Å². The van der Waals surface area contributed by atoms with E-state index in [1.54, 1.807) is 38.4 Å². The van der Waals surface area contributed by atoms with Crippen LogP contribution in [0.3, 0.4) is 0 Å². The molecular formula is C28H29N5O2S. The number of nitrogens with one attached hydrogen (secondary N) is 1. The summed E-state index contributed by atoms with van der Waals surface area (Å²) >= 11 is 1.34. The van der Waals surface area contributed by atoms with E-state index in [1.165, 1.54) is 22.2 Å². The molecule has 36 heavy (non-hydrogen) atoms. The van der Waals surface area contributed by atoms with Gasteiger partial charge in [0, 0.05) is 31.8 Å². The molecule has 1 aromatic heterocycles. The summed E-state index contributed by atoms with van der Waals surface area (Å²) in [4.78, 5) is 26.3. The standard InChI is InChI=1S/C28H29N5O2S/c1-19-10-15-24(20(2)16-19)33-25(17-21-8-6-5-7-9-21)30-31-28(33)36-18-26(34)29-23-13-11-22(12-14-23)27(35)32(3)4/h5-16H,17-18H2,1-4H3,(H,29,34). The van der Waals surface area contributed by atoms with Crippen LogP contribution in [0.1, 0.15) is 32.9 Å². The minimum absolute atomic E-state index is 0.0829. The Bertz CT molecular complexity index is 1360. The van der Waals surface area contributed by atoms with Crippen LogP contribution in [0.15, 0.2) is 78.0 Å². The lowest BCUT2D eigenvalue weighted by molar-refractivity contribution is -0.113. The summed E-state index contributed by atoms with van der Waals surface area (Å²) in [6, 6.07) is 23.3. The maximum atomic E-state index is 12.7. The smallest absolute Gasteiger partial charge is 0.253 e. The van der Waals surface area contributed by atoms with Crippen LogP contribution >= 0.6 is 11.8 Å². The van der Waals surface area contributed by atoms with E-state index >= 15 is 0 Å². The van der Waals surface area contributed by atoms with E-state index in [-0.39, 0.29) is 17.6 Å². The van der Waals surface area contributed by atoms with Gasteiger partial charge < -0.3 is 10.2 Å². The highest BCUT2D eigenvalue weighted by Crippen LogP contribution is 2.26. The van der Waals surface area contributed by atoms with Crippen LogP contribution in [-0.2, 0) is 11.2 Å². The van der Waals surface area contributed by atoms with Gasteiger partial charge in [-0.05, 0) is 55.3 Å². The lowest BCUT2D eigenvalue weighted by Gasteiger charge is -2.14. The second kappa shape index (κ2) is 11.2. The van der Waals surface area contributed by atoms with Gasteiger partial charge in [-0.2, -0.15) is 0 Å². The van der Waals surface area contributed by atoms with Crippen LogP contribution in [-0.4, -0.2) is 51.3 Å². The van der Waals surface area contributed by atoms with Gasteiger partial charge in [-0.25, -0.2) is 0 Å². The van der Waals surface area contributed by atoms with E-state index in [1.807, 2.05) is 22.8 Å². The Labute approximate surface area is 215 Å². The highest BCUT2D eigenvalue weighted by molar-refractivity contribution is 7.99. The minimum Gasteiger partial charge on any atom is -0.345 e. The van der Waals surface area contributed by atoms with Crippen molar-refractivity contribution < 1.29 is 9.59 Å². The lowest BCUT2D eigenvalue weighted by atomic mass is 10.1. The van der Waals surface area contributed by atoms with Crippen molar-refractivity contribution in [3.63, 3.8) is 0 Å². The number of aromatic nitrogens is 3. The van der Waals surface area contributed by atoms with Gasteiger partial charge in [0.25, 0.3) is 5.91 Å². The Balaban J connectivity index is 1.51. The first-order valence-electron chi connectivity index (χ1n) is 11.6. The Hall–Kier alpha value is -3.91. The number of carbonyl (C=O) groups excluding carboxylic acids is 2. The van der Waals surface area contributed by atoms with Crippen LogP contribution in [0, 0.1) is 13.8 Å². The predicted octanol–water partition coefficient (Wildman–Crippen LogP) is 4.91. The van der Waals surface area contributed by atoms with Crippen molar-refractivity contribution in [2.45, 2.75) is 25.4 Å². The Morgan fingerprint density at radius 2 is 1.67 bits per heavy atom. The maximum absolute atomic E-state index is 12.7. The van der Waals surface area contributed by atoms with E-state index in [0.29, 0.717) is 22.8 Å². The van der Waals surface area contributed by atoms with Crippen molar-refractivity contribution in [2.24, 2.45) is 0 Å². The number of hydrogen-bond acceptors (Lipinski definition) is 5. The summed E-state index contributed by atoms with van der Waals surface area (Å²) in [6.45, 7) is 4.14. The third-order valence-corrected chi connectivity index (χ3v) is 6.58. The van der Waals surface area contributed by atoms with Gasteiger partial charge in [0.1, 0.15) is 5.82 Å². The second-order valence-corrected chi connectivity index (χ2v) is 9.74. The molecule has 3 aromatic carbocycles. The van der Waals surface area contributed by atoms with Crippen molar-refractivity contribution in [1.82, 2.24) is 19.7 Å². The van der Waals surface area contributed by atoms with E-state index in [0.717, 1.165) is 22.6 Å². The molecule has 4 rings (SSSR count). The molecule has 0 unspecified atom stereocenters. The second-order valence-electron chi connectivity index (χ2n) is 8.80. The number of aryl methyl sites for hydroxylation is 2. The molecule has 0 bridgehead atoms. The Morgan fingerprint density at radius 3 is 2.33 bits per heavy atom. The van der Waals surface area contributed by atoms with Crippen LogP contribution in [0.4, 0.5) is 5.69 Å². The summed E-state index contributed by atoms with van der Waals surface area (Å²) in [7, 11) is 3.41. The fourth-order valence-corrected chi connectivity index (χ4v) is 4.63. The molecule has 0 saturated heterocycles. The van der Waals surface area contributed by atoms with E-state index in [2.05, 4.69) is 59.7 Å². The number of carbonyl (C=O) groups is 2. The summed E-state index contributed by atoms with van der Waals surface area (Å²) in [5, 5.41) is 12.5. The van der Waals surface area contributed by atoms with Crippen LogP contribution < -0.4 is 5.32 Å². The quantitative estimate of drug-likeness (QED) is 0.349. The third-order valence-electron chi connectivity index (χ3n) is 5.65. The van der Waals surface area contributed by atoms with Crippen molar-refractivity contribution in [1.29, 1.82) is 0 Å². The molecule has 0 saturated carbocycles. The van der Waals surface area contributed by atoms with E-state index in [9.17, 15) is 9.59 Å². The normalized spacial score (nSPS) is 10.8. The molecule has 2 amide bonds. The highest BCUT2D eigenvalue weighted by atomic mass is 32.2. The summed E-state index contributed by atoms with van der Waals surface area (Å²) in [5.74, 6) is 0.747. The first kappa shape index (κ1) is 25.2. The maximum Gasteiger partial charge on any atom is 0.253 e. The number of nitrogens with zero attached hydrogens (tertiary/aromatic N) is 4. The molecule has 1 heterocycles. The molecular weight excluding hydrogens is 470 g/mol. The molecule has 0 radical (unpaired) electrons. The third kappa shape index (κ3) is 6.01. The van der Waals surface area contributed by atoms with Gasteiger partial charge in [-0.1, -0.05) is 59.8 Å². The zero-order valence-corrected chi connectivity index (χ0v) is 21.7. The van der Waals surface area contributed by atoms with Gasteiger partial charge >= 0.3 is 0 Å².